The highest BCUT2D eigenvalue weighted by molar-refractivity contribution is 6.37. The molecule has 3 heterocycles. The molecule has 12 aromatic rings. The number of furan rings is 1. The van der Waals surface area contributed by atoms with Crippen LogP contribution in [0.3, 0.4) is 0 Å². The van der Waals surface area contributed by atoms with Gasteiger partial charge >= 0.3 is 0 Å². The van der Waals surface area contributed by atoms with E-state index >= 15 is 0 Å². The fourth-order valence-electron chi connectivity index (χ4n) is 10.1. The monoisotopic (exact) mass is 727 g/mol. The van der Waals surface area contributed by atoms with Gasteiger partial charge in [-0.15, -0.1) is 0 Å². The van der Waals surface area contributed by atoms with E-state index in [9.17, 15) is 0 Å². The lowest BCUT2D eigenvalue weighted by atomic mass is 9.85. The van der Waals surface area contributed by atoms with E-state index in [4.69, 9.17) is 14.4 Å². The van der Waals surface area contributed by atoms with E-state index in [1.54, 1.807) is 0 Å². The maximum Gasteiger partial charge on any atom is 0.165 e. The first kappa shape index (κ1) is 31.0. The first-order valence-corrected chi connectivity index (χ1v) is 19.7. The van der Waals surface area contributed by atoms with Crippen LogP contribution < -0.4 is 0 Å². The van der Waals surface area contributed by atoms with Gasteiger partial charge in [0.1, 0.15) is 16.9 Å². The number of benzene rings is 9. The van der Waals surface area contributed by atoms with Crippen LogP contribution in [-0.2, 0) is 5.41 Å². The van der Waals surface area contributed by atoms with Crippen molar-refractivity contribution in [3.8, 4) is 28.3 Å². The minimum Gasteiger partial charge on any atom is -0.456 e. The zero-order chi connectivity index (χ0) is 37.6. The molecule has 3 aromatic heterocycles. The normalized spacial score (nSPS) is 13.6. The number of aromatic nitrogens is 3. The first-order valence-electron chi connectivity index (χ1n) is 19.7. The van der Waals surface area contributed by atoms with Gasteiger partial charge in [0, 0.05) is 43.5 Å². The molecule has 1 aliphatic carbocycles. The fraction of sp³-hybridized carbons (Fsp3) is 0.0566. The lowest BCUT2D eigenvalue weighted by Crippen LogP contribution is -2.18. The highest BCUT2D eigenvalue weighted by Gasteiger charge is 2.39. The van der Waals surface area contributed by atoms with Gasteiger partial charge in [-0.05, 0) is 79.7 Å². The average Bonchev–Trinajstić information content (AvgIpc) is 3.88. The van der Waals surface area contributed by atoms with Crippen molar-refractivity contribution in [1.29, 1.82) is 0 Å². The Labute approximate surface area is 327 Å². The van der Waals surface area contributed by atoms with Crippen molar-refractivity contribution in [2.45, 2.75) is 19.3 Å². The Balaban J connectivity index is 1.24. The summed E-state index contributed by atoms with van der Waals surface area (Å²) in [5.74, 6) is 0.813. The van der Waals surface area contributed by atoms with E-state index in [0.29, 0.717) is 0 Å². The van der Waals surface area contributed by atoms with Crippen LogP contribution in [0.15, 0.2) is 168 Å². The van der Waals surface area contributed by atoms with Gasteiger partial charge < -0.3 is 4.42 Å². The molecule has 0 bridgehead atoms. The van der Waals surface area contributed by atoms with Gasteiger partial charge in [-0.3, -0.25) is 4.57 Å². The molecule has 13 rings (SSSR count). The zero-order valence-corrected chi connectivity index (χ0v) is 31.3. The summed E-state index contributed by atoms with van der Waals surface area (Å²) < 4.78 is 8.71. The van der Waals surface area contributed by atoms with Crippen LogP contribution in [0.2, 0.25) is 0 Å². The van der Waals surface area contributed by atoms with Gasteiger partial charge in [-0.25, -0.2) is 9.97 Å². The third kappa shape index (κ3) is 4.01. The Bertz CT molecular complexity index is 3700. The Morgan fingerprint density at radius 1 is 0.456 bits per heavy atom. The molecular formula is C53H33N3O. The third-order valence-corrected chi connectivity index (χ3v) is 12.7. The molecule has 9 aromatic carbocycles. The van der Waals surface area contributed by atoms with E-state index < -0.39 is 0 Å². The number of hydrogen-bond acceptors (Lipinski definition) is 3. The second-order valence-corrected chi connectivity index (χ2v) is 16.1. The van der Waals surface area contributed by atoms with Crippen molar-refractivity contribution in [2.24, 2.45) is 0 Å². The van der Waals surface area contributed by atoms with Crippen LogP contribution in [0.4, 0.5) is 0 Å². The molecule has 0 fully saturated rings. The zero-order valence-electron chi connectivity index (χ0n) is 31.3. The maximum absolute atomic E-state index is 6.32. The van der Waals surface area contributed by atoms with E-state index in [0.717, 1.165) is 67.0 Å². The molecule has 0 amide bonds. The second kappa shape index (κ2) is 10.9. The van der Waals surface area contributed by atoms with Crippen molar-refractivity contribution in [3.05, 3.63) is 175 Å². The average molecular weight is 728 g/mol. The van der Waals surface area contributed by atoms with Crippen molar-refractivity contribution >= 4 is 86.8 Å². The lowest BCUT2D eigenvalue weighted by molar-refractivity contribution is 0.635. The Hall–Kier alpha value is -7.30. The lowest BCUT2D eigenvalue weighted by Gasteiger charge is -2.21. The molecule has 0 atom stereocenters. The predicted molar refractivity (Wildman–Crippen MR) is 237 cm³/mol. The van der Waals surface area contributed by atoms with Crippen LogP contribution in [0, 0.1) is 0 Å². The van der Waals surface area contributed by atoms with Crippen LogP contribution in [0.1, 0.15) is 25.1 Å². The molecule has 0 spiro atoms. The number of fused-ring (bicyclic) bond motifs is 18. The Kier molecular flexibility index (Phi) is 5.94. The molecule has 57 heavy (non-hydrogen) atoms. The minimum atomic E-state index is -0.328. The van der Waals surface area contributed by atoms with Gasteiger partial charge in [0.15, 0.2) is 5.82 Å². The maximum atomic E-state index is 6.32. The summed E-state index contributed by atoms with van der Waals surface area (Å²) in [4.78, 5) is 11.5. The molecule has 0 saturated carbocycles. The third-order valence-electron chi connectivity index (χ3n) is 12.7. The van der Waals surface area contributed by atoms with E-state index in [-0.39, 0.29) is 5.41 Å². The number of para-hydroxylation sites is 1. The van der Waals surface area contributed by atoms with Crippen molar-refractivity contribution in [3.63, 3.8) is 0 Å². The summed E-state index contributed by atoms with van der Waals surface area (Å²) in [7, 11) is 0. The van der Waals surface area contributed by atoms with E-state index in [1.807, 2.05) is 12.1 Å². The van der Waals surface area contributed by atoms with Gasteiger partial charge in [0.25, 0.3) is 0 Å². The molecular weight excluding hydrogens is 695 g/mol. The van der Waals surface area contributed by atoms with Gasteiger partial charge in [0.05, 0.1) is 22.4 Å². The largest absolute Gasteiger partial charge is 0.456 e. The first-order chi connectivity index (χ1) is 28.0. The van der Waals surface area contributed by atoms with Gasteiger partial charge in [-0.2, -0.15) is 0 Å². The molecule has 4 heteroatoms. The Morgan fingerprint density at radius 2 is 1.07 bits per heavy atom. The molecule has 0 radical (unpaired) electrons. The summed E-state index contributed by atoms with van der Waals surface area (Å²) in [6, 6.07) is 59.1. The molecule has 1 aliphatic rings. The molecule has 0 aliphatic heterocycles. The second-order valence-electron chi connectivity index (χ2n) is 16.1. The van der Waals surface area contributed by atoms with Crippen molar-refractivity contribution < 1.29 is 4.42 Å². The molecule has 4 nitrogen and oxygen atoms in total. The highest BCUT2D eigenvalue weighted by Crippen LogP contribution is 2.50. The predicted octanol–water partition coefficient (Wildman–Crippen LogP) is 14.1. The van der Waals surface area contributed by atoms with Crippen molar-refractivity contribution in [2.75, 3.05) is 0 Å². The molecule has 266 valence electrons. The SMILES string of the molecule is CC1(C)c2ccccc2-c2nc(-n3c4ccc5ccccc5c4c4c5c6ccccc6c6ccccc6c5ccc43)c(-c3ccc4oc5ccccc5c4c3)nc21. The molecule has 0 unspecified atom stereocenters. The van der Waals surface area contributed by atoms with Crippen molar-refractivity contribution in [1.82, 2.24) is 14.5 Å². The molecule has 0 N–H and O–H groups in total. The van der Waals surface area contributed by atoms with Crippen LogP contribution in [0.25, 0.3) is 115 Å². The topological polar surface area (TPSA) is 43.9 Å². The van der Waals surface area contributed by atoms with Gasteiger partial charge in [0.2, 0.25) is 0 Å². The Morgan fingerprint density at radius 3 is 1.89 bits per heavy atom. The van der Waals surface area contributed by atoms with Gasteiger partial charge in [-0.1, -0.05) is 141 Å². The van der Waals surface area contributed by atoms with E-state index in [1.165, 1.54) is 59.4 Å². The summed E-state index contributed by atoms with van der Waals surface area (Å²) in [5.41, 5.74) is 9.78. The summed E-state index contributed by atoms with van der Waals surface area (Å²) in [6.07, 6.45) is 0. The minimum absolute atomic E-state index is 0.328. The van der Waals surface area contributed by atoms with Crippen LogP contribution in [-0.4, -0.2) is 14.5 Å². The standard InChI is InChI=1S/C53H33N3O/c1-53(2)41-21-11-9-20-39(41)50-51(53)54-49(31-24-28-45-40(29-31)36-18-10-12-22-44(36)57-45)52(55-50)56-42-26-23-30-13-3-4-14-32(30)47(42)48-43(56)27-25-38-35-17-6-5-15-33(35)34-16-7-8-19-37(34)46(38)48/h3-29H,1-2H3. The summed E-state index contributed by atoms with van der Waals surface area (Å²) in [6.45, 7) is 4.55. The van der Waals surface area contributed by atoms with E-state index in [2.05, 4.69) is 170 Å². The summed E-state index contributed by atoms with van der Waals surface area (Å²) >= 11 is 0. The summed E-state index contributed by atoms with van der Waals surface area (Å²) in [5, 5.41) is 14.6. The highest BCUT2D eigenvalue weighted by atomic mass is 16.3. The van der Waals surface area contributed by atoms with Crippen LogP contribution >= 0.6 is 0 Å². The number of rotatable bonds is 2. The van der Waals surface area contributed by atoms with Crippen LogP contribution in [0.5, 0.6) is 0 Å². The number of hydrogen-bond donors (Lipinski definition) is 0. The molecule has 0 saturated heterocycles. The quantitative estimate of drug-likeness (QED) is 0.167. The smallest absolute Gasteiger partial charge is 0.165 e. The number of nitrogens with zero attached hydrogens (tertiary/aromatic N) is 3. The fourth-order valence-corrected chi connectivity index (χ4v) is 10.1.